The molecule has 140 valence electrons. The lowest BCUT2D eigenvalue weighted by Gasteiger charge is -2.30. The zero-order valence-electron chi connectivity index (χ0n) is 15.2. The first kappa shape index (κ1) is 18.5. The van der Waals surface area contributed by atoms with Crippen molar-refractivity contribution in [2.45, 2.75) is 51.6 Å². The molecular formula is C17H27N3O4S. The Hall–Kier alpha value is -1.25. The molecule has 1 fully saturated rings. The van der Waals surface area contributed by atoms with Crippen molar-refractivity contribution in [3.05, 3.63) is 17.1 Å². The van der Waals surface area contributed by atoms with E-state index < -0.39 is 10.0 Å². The summed E-state index contributed by atoms with van der Waals surface area (Å²) in [5.41, 5.74) is 2.08. The quantitative estimate of drug-likeness (QED) is 0.800. The van der Waals surface area contributed by atoms with E-state index in [9.17, 15) is 8.42 Å². The lowest BCUT2D eigenvalue weighted by atomic mass is 10.1. The summed E-state index contributed by atoms with van der Waals surface area (Å²) in [4.78, 5) is 9.38. The summed E-state index contributed by atoms with van der Waals surface area (Å²) in [6.07, 6.45) is 4.14. The van der Waals surface area contributed by atoms with E-state index in [1.165, 1.54) is 10.6 Å². The Bertz CT molecular complexity index is 713. The van der Waals surface area contributed by atoms with Gasteiger partial charge in [-0.15, -0.1) is 0 Å². The molecule has 0 N–H and O–H groups in total. The van der Waals surface area contributed by atoms with Crippen LogP contribution in [0.4, 0.5) is 0 Å². The van der Waals surface area contributed by atoms with Crippen LogP contribution in [0.1, 0.15) is 49.7 Å². The number of nitrogens with zero attached hydrogens (tertiary/aromatic N) is 3. The summed E-state index contributed by atoms with van der Waals surface area (Å²) >= 11 is 0. The van der Waals surface area contributed by atoms with Gasteiger partial charge in [0.1, 0.15) is 11.9 Å². The minimum atomic E-state index is -3.12. The zero-order valence-corrected chi connectivity index (χ0v) is 16.0. The molecule has 0 amide bonds. The van der Waals surface area contributed by atoms with Crippen molar-refractivity contribution in [1.29, 1.82) is 0 Å². The van der Waals surface area contributed by atoms with E-state index in [0.717, 1.165) is 29.9 Å². The van der Waals surface area contributed by atoms with Gasteiger partial charge in [0, 0.05) is 37.4 Å². The molecule has 0 saturated carbocycles. The SMILES string of the molecule is CC(C)c1nc2c(c(OC3CCN(S(C)(=O)=O)CC3)n1)CCOCC2. The van der Waals surface area contributed by atoms with Gasteiger partial charge in [-0.25, -0.2) is 17.7 Å². The van der Waals surface area contributed by atoms with Crippen molar-refractivity contribution in [3.63, 3.8) is 0 Å². The van der Waals surface area contributed by atoms with Crippen molar-refractivity contribution in [1.82, 2.24) is 14.3 Å². The smallest absolute Gasteiger partial charge is 0.220 e. The molecule has 0 unspecified atom stereocenters. The normalized spacial score (nSPS) is 20.3. The second kappa shape index (κ2) is 7.55. The van der Waals surface area contributed by atoms with Crippen LogP contribution in [0.2, 0.25) is 0 Å². The van der Waals surface area contributed by atoms with Crippen molar-refractivity contribution < 1.29 is 17.9 Å². The number of hydrogen-bond acceptors (Lipinski definition) is 6. The van der Waals surface area contributed by atoms with Crippen molar-refractivity contribution >= 4 is 10.0 Å². The highest BCUT2D eigenvalue weighted by molar-refractivity contribution is 7.88. The molecule has 0 aromatic carbocycles. The predicted octanol–water partition coefficient (Wildman–Crippen LogP) is 1.52. The second-order valence-electron chi connectivity index (χ2n) is 7.06. The Kier molecular flexibility index (Phi) is 5.60. The molecular weight excluding hydrogens is 342 g/mol. The zero-order chi connectivity index (χ0) is 18.0. The van der Waals surface area contributed by atoms with E-state index in [-0.39, 0.29) is 12.0 Å². The maximum Gasteiger partial charge on any atom is 0.220 e. The highest BCUT2D eigenvalue weighted by atomic mass is 32.2. The van der Waals surface area contributed by atoms with Crippen LogP contribution < -0.4 is 4.74 Å². The Labute approximate surface area is 149 Å². The first-order chi connectivity index (χ1) is 11.8. The fourth-order valence-electron chi connectivity index (χ4n) is 3.22. The molecule has 2 aliphatic rings. The number of sulfonamides is 1. The number of aromatic nitrogens is 2. The average molecular weight is 369 g/mol. The fourth-order valence-corrected chi connectivity index (χ4v) is 4.10. The second-order valence-corrected chi connectivity index (χ2v) is 9.04. The lowest BCUT2D eigenvalue weighted by Crippen LogP contribution is -2.41. The third kappa shape index (κ3) is 4.48. The number of fused-ring (bicyclic) bond motifs is 1. The van der Waals surface area contributed by atoms with Crippen LogP contribution in [-0.2, 0) is 27.6 Å². The molecule has 0 aliphatic carbocycles. The van der Waals surface area contributed by atoms with Crippen LogP contribution in [0.3, 0.4) is 0 Å². The highest BCUT2D eigenvalue weighted by Crippen LogP contribution is 2.28. The van der Waals surface area contributed by atoms with Crippen LogP contribution >= 0.6 is 0 Å². The molecule has 3 heterocycles. The van der Waals surface area contributed by atoms with E-state index in [4.69, 9.17) is 14.5 Å². The Morgan fingerprint density at radius 2 is 1.84 bits per heavy atom. The summed E-state index contributed by atoms with van der Waals surface area (Å²) in [5, 5.41) is 0. The van der Waals surface area contributed by atoms with E-state index in [2.05, 4.69) is 18.8 Å². The molecule has 8 heteroatoms. The first-order valence-corrected chi connectivity index (χ1v) is 10.8. The Balaban J connectivity index is 1.79. The van der Waals surface area contributed by atoms with Crippen molar-refractivity contribution in [2.24, 2.45) is 0 Å². The minimum absolute atomic E-state index is 0.0128. The molecule has 0 atom stereocenters. The molecule has 0 bridgehead atoms. The van der Waals surface area contributed by atoms with Crippen LogP contribution in [0.25, 0.3) is 0 Å². The largest absolute Gasteiger partial charge is 0.474 e. The third-order valence-corrected chi connectivity index (χ3v) is 6.02. The van der Waals surface area contributed by atoms with Gasteiger partial charge in [0.2, 0.25) is 15.9 Å². The molecule has 1 aromatic rings. The Morgan fingerprint density at radius 1 is 1.16 bits per heavy atom. The molecule has 2 aliphatic heterocycles. The highest BCUT2D eigenvalue weighted by Gasteiger charge is 2.28. The number of piperidine rings is 1. The summed E-state index contributed by atoms with van der Waals surface area (Å²) in [6.45, 7) is 6.47. The average Bonchev–Trinajstić information content (AvgIpc) is 2.80. The molecule has 0 radical (unpaired) electrons. The maximum absolute atomic E-state index is 11.7. The molecule has 3 rings (SSSR count). The van der Waals surface area contributed by atoms with Gasteiger partial charge >= 0.3 is 0 Å². The van der Waals surface area contributed by atoms with E-state index in [1.807, 2.05) is 0 Å². The van der Waals surface area contributed by atoms with Crippen LogP contribution in [0.5, 0.6) is 5.88 Å². The third-order valence-electron chi connectivity index (χ3n) is 4.72. The summed E-state index contributed by atoms with van der Waals surface area (Å²) in [6, 6.07) is 0. The molecule has 7 nitrogen and oxygen atoms in total. The van der Waals surface area contributed by atoms with Gasteiger partial charge in [-0.05, 0) is 12.8 Å². The van der Waals surface area contributed by atoms with Gasteiger partial charge in [0.25, 0.3) is 0 Å². The summed E-state index contributed by atoms with van der Waals surface area (Å²) in [5.74, 6) is 1.69. The fraction of sp³-hybridized carbons (Fsp3) is 0.765. The van der Waals surface area contributed by atoms with Crippen molar-refractivity contribution in [2.75, 3.05) is 32.6 Å². The first-order valence-electron chi connectivity index (χ1n) is 8.94. The van der Waals surface area contributed by atoms with Gasteiger partial charge in [-0.1, -0.05) is 13.8 Å². The topological polar surface area (TPSA) is 81.6 Å². The minimum Gasteiger partial charge on any atom is -0.474 e. The van der Waals surface area contributed by atoms with Gasteiger partial charge in [-0.3, -0.25) is 0 Å². The van der Waals surface area contributed by atoms with E-state index in [0.29, 0.717) is 45.0 Å². The predicted molar refractivity (Wildman–Crippen MR) is 94.4 cm³/mol. The van der Waals surface area contributed by atoms with Gasteiger partial charge in [0.15, 0.2) is 0 Å². The van der Waals surface area contributed by atoms with Crippen LogP contribution in [-0.4, -0.2) is 61.4 Å². The van der Waals surface area contributed by atoms with Crippen LogP contribution in [0.15, 0.2) is 0 Å². The van der Waals surface area contributed by atoms with Crippen molar-refractivity contribution in [3.8, 4) is 5.88 Å². The Morgan fingerprint density at radius 3 is 2.48 bits per heavy atom. The molecule has 1 aromatic heterocycles. The van der Waals surface area contributed by atoms with Gasteiger partial charge in [-0.2, -0.15) is 4.98 Å². The number of hydrogen-bond donors (Lipinski definition) is 0. The van der Waals surface area contributed by atoms with Crippen LogP contribution in [0, 0.1) is 0 Å². The molecule has 25 heavy (non-hydrogen) atoms. The van der Waals surface area contributed by atoms with Gasteiger partial charge in [0.05, 0.1) is 25.2 Å². The molecule has 0 spiro atoms. The van der Waals surface area contributed by atoms with Gasteiger partial charge < -0.3 is 9.47 Å². The van der Waals surface area contributed by atoms with E-state index in [1.54, 1.807) is 0 Å². The molecule has 1 saturated heterocycles. The summed E-state index contributed by atoms with van der Waals surface area (Å²) in [7, 11) is -3.12. The maximum atomic E-state index is 11.7. The lowest BCUT2D eigenvalue weighted by molar-refractivity contribution is 0.126. The number of ether oxygens (including phenoxy) is 2. The number of rotatable bonds is 4. The monoisotopic (exact) mass is 369 g/mol. The standard InChI is InChI=1S/C17H27N3O4S/c1-12(2)16-18-15-7-11-23-10-6-14(15)17(19-16)24-13-4-8-20(9-5-13)25(3,21)22/h12-13H,4-11H2,1-3H3. The van der Waals surface area contributed by atoms with E-state index >= 15 is 0 Å². The summed E-state index contributed by atoms with van der Waals surface area (Å²) < 4.78 is 36.6.